The number of carboxylic acids is 1. The van der Waals surface area contributed by atoms with Crippen LogP contribution in [0.3, 0.4) is 0 Å². The third kappa shape index (κ3) is 3.18. The van der Waals surface area contributed by atoms with Crippen LogP contribution < -0.4 is 0 Å². The molecule has 19 heavy (non-hydrogen) atoms. The van der Waals surface area contributed by atoms with Gasteiger partial charge < -0.3 is 9.67 Å². The van der Waals surface area contributed by atoms with Crippen LogP contribution in [0, 0.1) is 0 Å². The number of aromatic nitrogens is 1. The topological polar surface area (TPSA) is 42.2 Å². The van der Waals surface area contributed by atoms with Crippen LogP contribution in [0.1, 0.15) is 41.4 Å². The zero-order valence-electron chi connectivity index (χ0n) is 10.9. The van der Waals surface area contributed by atoms with E-state index in [9.17, 15) is 4.79 Å². The Morgan fingerprint density at radius 3 is 2.47 bits per heavy atom. The molecule has 1 aromatic heterocycles. The molecule has 0 saturated heterocycles. The molecule has 1 N–H and O–H groups in total. The van der Waals surface area contributed by atoms with Gasteiger partial charge >= 0.3 is 5.97 Å². The minimum atomic E-state index is -0.967. The number of aromatic carboxylic acids is 1. The zero-order valence-corrected chi connectivity index (χ0v) is 11.7. The van der Waals surface area contributed by atoms with Crippen LogP contribution in [0.15, 0.2) is 36.5 Å². The Kier molecular flexibility index (Phi) is 3.96. The maximum absolute atomic E-state index is 11.1. The summed E-state index contributed by atoms with van der Waals surface area (Å²) in [6.07, 6.45) is 1.64. The van der Waals surface area contributed by atoms with Crippen LogP contribution in [0.25, 0.3) is 0 Å². The summed E-state index contributed by atoms with van der Waals surface area (Å²) in [7, 11) is 0. The van der Waals surface area contributed by atoms with E-state index in [1.165, 1.54) is 11.6 Å². The smallest absolute Gasteiger partial charge is 0.352 e. The first kappa shape index (κ1) is 13.7. The average molecular weight is 278 g/mol. The summed E-state index contributed by atoms with van der Waals surface area (Å²) in [5, 5.41) is 9.54. The Bertz CT molecular complexity index is 585. The molecule has 0 aliphatic heterocycles. The normalized spacial score (nSPS) is 10.9. The molecule has 0 radical (unpaired) electrons. The van der Waals surface area contributed by atoms with Crippen LogP contribution in [0.2, 0.25) is 5.02 Å². The lowest BCUT2D eigenvalue weighted by molar-refractivity contribution is 0.0685. The highest BCUT2D eigenvalue weighted by Crippen LogP contribution is 2.18. The van der Waals surface area contributed by atoms with Crippen LogP contribution in [0.5, 0.6) is 0 Å². The summed E-state index contributed by atoms with van der Waals surface area (Å²) in [6.45, 7) is 4.79. The van der Waals surface area contributed by atoms with E-state index < -0.39 is 5.97 Å². The molecule has 2 aromatic rings. The third-order valence-electron chi connectivity index (χ3n) is 3.08. The lowest BCUT2D eigenvalue weighted by atomic mass is 10.0. The Hall–Kier alpha value is -1.74. The Morgan fingerprint density at radius 2 is 1.95 bits per heavy atom. The van der Waals surface area contributed by atoms with Crippen LogP contribution in [0.4, 0.5) is 0 Å². The summed E-state index contributed by atoms with van der Waals surface area (Å²) in [5.41, 5.74) is 2.53. The van der Waals surface area contributed by atoms with Crippen molar-refractivity contribution in [3.8, 4) is 0 Å². The molecule has 0 spiro atoms. The predicted octanol–water partition coefficient (Wildman–Crippen LogP) is 4.01. The fraction of sp³-hybridized carbons (Fsp3) is 0.267. The first-order valence-corrected chi connectivity index (χ1v) is 6.53. The van der Waals surface area contributed by atoms with Crippen molar-refractivity contribution >= 4 is 17.6 Å². The summed E-state index contributed by atoms with van der Waals surface area (Å²) in [5.74, 6) is -0.477. The molecule has 0 amide bonds. The zero-order chi connectivity index (χ0) is 14.0. The maximum Gasteiger partial charge on any atom is 0.352 e. The van der Waals surface area contributed by atoms with Crippen molar-refractivity contribution in [1.82, 2.24) is 4.57 Å². The number of rotatable bonds is 4. The molecule has 4 heteroatoms. The predicted molar refractivity (Wildman–Crippen MR) is 76.0 cm³/mol. The lowest BCUT2D eigenvalue weighted by Crippen LogP contribution is -2.08. The fourth-order valence-electron chi connectivity index (χ4n) is 1.99. The van der Waals surface area contributed by atoms with E-state index in [1.54, 1.807) is 10.8 Å². The van der Waals surface area contributed by atoms with Gasteiger partial charge in [0.05, 0.1) is 5.02 Å². The van der Waals surface area contributed by atoms with E-state index in [1.807, 2.05) is 12.1 Å². The van der Waals surface area contributed by atoms with Gasteiger partial charge in [-0.25, -0.2) is 4.79 Å². The van der Waals surface area contributed by atoms with E-state index in [-0.39, 0.29) is 5.69 Å². The Balaban J connectivity index is 2.23. The van der Waals surface area contributed by atoms with E-state index in [0.29, 0.717) is 17.5 Å². The average Bonchev–Trinajstić information content (AvgIpc) is 2.71. The van der Waals surface area contributed by atoms with Gasteiger partial charge in [-0.3, -0.25) is 0 Å². The summed E-state index contributed by atoms with van der Waals surface area (Å²) in [6, 6.07) is 9.66. The Morgan fingerprint density at radius 1 is 1.32 bits per heavy atom. The van der Waals surface area contributed by atoms with Crippen molar-refractivity contribution in [2.45, 2.75) is 26.3 Å². The number of hydrogen-bond acceptors (Lipinski definition) is 1. The molecule has 1 aromatic carbocycles. The van der Waals surface area contributed by atoms with E-state index in [0.717, 1.165) is 5.56 Å². The van der Waals surface area contributed by atoms with E-state index in [2.05, 4.69) is 26.0 Å². The third-order valence-corrected chi connectivity index (χ3v) is 3.29. The van der Waals surface area contributed by atoms with Gasteiger partial charge in [0.25, 0.3) is 0 Å². The van der Waals surface area contributed by atoms with Crippen LogP contribution in [-0.4, -0.2) is 15.6 Å². The highest BCUT2D eigenvalue weighted by molar-refractivity contribution is 6.30. The lowest BCUT2D eigenvalue weighted by Gasteiger charge is -2.09. The van der Waals surface area contributed by atoms with Gasteiger partial charge in [-0.15, -0.1) is 0 Å². The number of carbonyl (C=O) groups is 1. The largest absolute Gasteiger partial charge is 0.477 e. The molecule has 0 saturated carbocycles. The van der Waals surface area contributed by atoms with Crippen molar-refractivity contribution < 1.29 is 9.90 Å². The van der Waals surface area contributed by atoms with Crippen molar-refractivity contribution in [1.29, 1.82) is 0 Å². The fourth-order valence-corrected chi connectivity index (χ4v) is 2.21. The molecule has 0 unspecified atom stereocenters. The molecule has 2 rings (SSSR count). The standard InChI is InChI=1S/C15H16ClNO2/c1-10(2)12-5-3-11(4-6-12)8-17-9-13(16)7-14(17)15(18)19/h3-7,9-10H,8H2,1-2H3,(H,18,19). The monoisotopic (exact) mass is 277 g/mol. The number of halogens is 1. The highest BCUT2D eigenvalue weighted by atomic mass is 35.5. The molecule has 3 nitrogen and oxygen atoms in total. The van der Waals surface area contributed by atoms with E-state index in [4.69, 9.17) is 16.7 Å². The van der Waals surface area contributed by atoms with Gasteiger partial charge in [0.15, 0.2) is 0 Å². The summed E-state index contributed by atoms with van der Waals surface area (Å²) < 4.78 is 1.65. The van der Waals surface area contributed by atoms with Crippen molar-refractivity contribution in [3.05, 3.63) is 58.4 Å². The second-order valence-corrected chi connectivity index (χ2v) is 5.31. The minimum Gasteiger partial charge on any atom is -0.477 e. The van der Waals surface area contributed by atoms with E-state index >= 15 is 0 Å². The first-order chi connectivity index (χ1) is 8.97. The van der Waals surface area contributed by atoms with Gasteiger partial charge in [-0.1, -0.05) is 49.7 Å². The molecular formula is C15H16ClNO2. The molecule has 0 aliphatic carbocycles. The highest BCUT2D eigenvalue weighted by Gasteiger charge is 2.12. The molecular weight excluding hydrogens is 262 g/mol. The second-order valence-electron chi connectivity index (χ2n) is 4.87. The van der Waals surface area contributed by atoms with Crippen LogP contribution >= 0.6 is 11.6 Å². The molecule has 0 aliphatic rings. The van der Waals surface area contributed by atoms with Gasteiger partial charge in [0, 0.05) is 12.7 Å². The first-order valence-electron chi connectivity index (χ1n) is 6.15. The SMILES string of the molecule is CC(C)c1ccc(Cn2cc(Cl)cc2C(=O)O)cc1. The molecule has 0 atom stereocenters. The Labute approximate surface area is 117 Å². The number of benzene rings is 1. The second kappa shape index (κ2) is 5.49. The summed E-state index contributed by atoms with van der Waals surface area (Å²) >= 11 is 5.86. The molecule has 0 bridgehead atoms. The number of carboxylic acid groups (broad SMARTS) is 1. The van der Waals surface area contributed by atoms with Crippen molar-refractivity contribution in [3.63, 3.8) is 0 Å². The van der Waals surface area contributed by atoms with Gasteiger partial charge in [-0.2, -0.15) is 0 Å². The van der Waals surface area contributed by atoms with Gasteiger partial charge in [-0.05, 0) is 23.1 Å². The van der Waals surface area contributed by atoms with Gasteiger partial charge in [0.1, 0.15) is 5.69 Å². The minimum absolute atomic E-state index is 0.206. The number of nitrogens with zero attached hydrogens (tertiary/aromatic N) is 1. The molecule has 1 heterocycles. The van der Waals surface area contributed by atoms with Crippen LogP contribution in [-0.2, 0) is 6.54 Å². The van der Waals surface area contributed by atoms with Gasteiger partial charge in [0.2, 0.25) is 0 Å². The van der Waals surface area contributed by atoms with Crippen molar-refractivity contribution in [2.24, 2.45) is 0 Å². The maximum atomic E-state index is 11.1. The van der Waals surface area contributed by atoms with Crippen molar-refractivity contribution in [2.75, 3.05) is 0 Å². The molecule has 100 valence electrons. The quantitative estimate of drug-likeness (QED) is 0.917. The molecule has 0 fully saturated rings. The summed E-state index contributed by atoms with van der Waals surface area (Å²) in [4.78, 5) is 11.1. The number of hydrogen-bond donors (Lipinski definition) is 1.